The summed E-state index contributed by atoms with van der Waals surface area (Å²) in [6, 6.07) is 6.87. The molecule has 0 bridgehead atoms. The molecule has 22 heavy (non-hydrogen) atoms. The van der Waals surface area contributed by atoms with Crippen LogP contribution in [0.5, 0.6) is 0 Å². The maximum Gasteiger partial charge on any atom is 0.166 e. The van der Waals surface area contributed by atoms with Gasteiger partial charge in [-0.05, 0) is 19.1 Å². The van der Waals surface area contributed by atoms with E-state index in [2.05, 4.69) is 9.93 Å². The Morgan fingerprint density at radius 1 is 1.18 bits per heavy atom. The van der Waals surface area contributed by atoms with Crippen LogP contribution in [0.25, 0.3) is 0 Å². The van der Waals surface area contributed by atoms with Gasteiger partial charge in [-0.25, -0.2) is 9.04 Å². The topological polar surface area (TPSA) is 143 Å². The van der Waals surface area contributed by atoms with Gasteiger partial charge in [0.15, 0.2) is 11.0 Å². The zero-order valence-corrected chi connectivity index (χ0v) is 12.7. The highest BCUT2D eigenvalue weighted by atomic mass is 32.2. The minimum atomic E-state index is -1.75. The highest BCUT2D eigenvalue weighted by Gasteiger charge is 2.29. The molecule has 9 heteroatoms. The van der Waals surface area contributed by atoms with Gasteiger partial charge in [0, 0.05) is 0 Å². The SMILES string of the molecule is Cc1ccc([S@@](=O)N/N=C/[C@H](O)[C@H](O)[C@H](O)[C@H](O)CO)cc1. The number of benzene rings is 1. The van der Waals surface area contributed by atoms with Crippen molar-refractivity contribution in [3.8, 4) is 0 Å². The first kappa shape index (κ1) is 18.7. The number of hydrazone groups is 1. The quantitative estimate of drug-likeness (QED) is 0.241. The molecule has 1 aromatic carbocycles. The van der Waals surface area contributed by atoms with Gasteiger partial charge < -0.3 is 25.5 Å². The van der Waals surface area contributed by atoms with Crippen LogP contribution in [-0.4, -0.2) is 67.0 Å². The molecule has 0 spiro atoms. The summed E-state index contributed by atoms with van der Waals surface area (Å²) in [5.74, 6) is 0. The van der Waals surface area contributed by atoms with E-state index in [-0.39, 0.29) is 0 Å². The highest BCUT2D eigenvalue weighted by Crippen LogP contribution is 2.07. The standard InChI is InChI=1S/C13H20N2O6S/c1-8-2-4-9(5-3-8)22(21)15-14-6-10(17)12(19)13(20)11(18)7-16/h2-6,10-13,15-20H,7H2,1H3/b14-6+/t10-,11+,12-,13+,22+/m0/s1. The molecule has 0 saturated carbocycles. The molecule has 0 amide bonds. The molecule has 1 rings (SSSR count). The van der Waals surface area contributed by atoms with E-state index in [1.807, 2.05) is 6.92 Å². The lowest BCUT2D eigenvalue weighted by Crippen LogP contribution is -2.46. The molecule has 0 fully saturated rings. The fraction of sp³-hybridized carbons (Fsp3) is 0.462. The van der Waals surface area contributed by atoms with Crippen LogP contribution in [0.4, 0.5) is 0 Å². The fourth-order valence-corrected chi connectivity index (χ4v) is 2.14. The van der Waals surface area contributed by atoms with Crippen molar-refractivity contribution in [3.05, 3.63) is 29.8 Å². The molecule has 124 valence electrons. The van der Waals surface area contributed by atoms with E-state index in [9.17, 15) is 19.5 Å². The first-order valence-electron chi connectivity index (χ1n) is 6.47. The van der Waals surface area contributed by atoms with Gasteiger partial charge in [0.25, 0.3) is 0 Å². The Balaban J connectivity index is 2.54. The van der Waals surface area contributed by atoms with E-state index in [1.54, 1.807) is 24.3 Å². The number of hydrogen-bond acceptors (Lipinski definition) is 7. The monoisotopic (exact) mass is 332 g/mol. The summed E-state index contributed by atoms with van der Waals surface area (Å²) in [6.45, 7) is 1.12. The molecule has 0 aliphatic rings. The minimum absolute atomic E-state index is 0.480. The van der Waals surface area contributed by atoms with Crippen LogP contribution in [0.2, 0.25) is 0 Å². The molecular formula is C13H20N2O6S. The Hall–Kier alpha value is -1.36. The summed E-state index contributed by atoms with van der Waals surface area (Å²) in [5, 5.41) is 49.8. The summed E-state index contributed by atoms with van der Waals surface area (Å²) in [5.41, 5.74) is 1.01. The Kier molecular flexibility index (Phi) is 7.59. The Labute approximate surface area is 130 Å². The minimum Gasteiger partial charge on any atom is -0.394 e. The summed E-state index contributed by atoms with van der Waals surface area (Å²) in [4.78, 5) is 2.74. The number of aliphatic hydroxyl groups is 5. The summed E-state index contributed by atoms with van der Waals surface area (Å²) >= 11 is 0. The van der Waals surface area contributed by atoms with Crippen molar-refractivity contribution in [1.82, 2.24) is 4.83 Å². The van der Waals surface area contributed by atoms with Crippen LogP contribution >= 0.6 is 0 Å². The van der Waals surface area contributed by atoms with E-state index in [0.717, 1.165) is 11.8 Å². The number of nitrogens with zero attached hydrogens (tertiary/aromatic N) is 1. The van der Waals surface area contributed by atoms with Gasteiger partial charge in [0.1, 0.15) is 24.4 Å². The second-order valence-corrected chi connectivity index (χ2v) is 5.86. The maximum absolute atomic E-state index is 11.8. The van der Waals surface area contributed by atoms with Crippen LogP contribution < -0.4 is 4.83 Å². The van der Waals surface area contributed by atoms with Crippen LogP contribution in [0.15, 0.2) is 34.3 Å². The molecule has 0 saturated heterocycles. The van der Waals surface area contributed by atoms with Crippen molar-refractivity contribution in [1.29, 1.82) is 0 Å². The first-order valence-corrected chi connectivity index (χ1v) is 7.62. The molecule has 0 aliphatic heterocycles. The molecule has 5 atom stereocenters. The average molecular weight is 332 g/mol. The molecule has 0 aliphatic carbocycles. The van der Waals surface area contributed by atoms with Crippen LogP contribution in [0, 0.1) is 6.92 Å². The molecule has 0 unspecified atom stereocenters. The maximum atomic E-state index is 11.8. The van der Waals surface area contributed by atoms with E-state index in [0.29, 0.717) is 4.90 Å². The predicted octanol–water partition coefficient (Wildman–Crippen LogP) is -1.97. The van der Waals surface area contributed by atoms with Gasteiger partial charge >= 0.3 is 0 Å². The summed E-state index contributed by atoms with van der Waals surface area (Å²) in [6.07, 6.45) is -5.86. The molecular weight excluding hydrogens is 312 g/mol. The first-order chi connectivity index (χ1) is 10.4. The van der Waals surface area contributed by atoms with E-state index >= 15 is 0 Å². The zero-order valence-electron chi connectivity index (χ0n) is 11.9. The van der Waals surface area contributed by atoms with Gasteiger partial charge in [-0.1, -0.05) is 17.7 Å². The lowest BCUT2D eigenvalue weighted by atomic mass is 10.0. The molecule has 0 radical (unpaired) electrons. The summed E-state index contributed by atoms with van der Waals surface area (Å²) in [7, 11) is -1.63. The number of aryl methyl sites for hydroxylation is 1. The third-order valence-corrected chi connectivity index (χ3v) is 3.85. The van der Waals surface area contributed by atoms with E-state index in [4.69, 9.17) is 10.2 Å². The predicted molar refractivity (Wildman–Crippen MR) is 80.3 cm³/mol. The molecule has 1 aromatic rings. The van der Waals surface area contributed by atoms with Crippen molar-refractivity contribution in [2.45, 2.75) is 36.2 Å². The van der Waals surface area contributed by atoms with Crippen molar-refractivity contribution in [2.75, 3.05) is 6.61 Å². The zero-order chi connectivity index (χ0) is 16.7. The normalized spacial score (nSPS) is 18.6. The van der Waals surface area contributed by atoms with Gasteiger partial charge in [-0.15, -0.1) is 0 Å². The van der Waals surface area contributed by atoms with Crippen molar-refractivity contribution in [2.24, 2.45) is 5.10 Å². The van der Waals surface area contributed by atoms with Crippen molar-refractivity contribution in [3.63, 3.8) is 0 Å². The number of nitrogens with one attached hydrogen (secondary N) is 1. The number of rotatable bonds is 8. The van der Waals surface area contributed by atoms with E-state index < -0.39 is 42.0 Å². The van der Waals surface area contributed by atoms with E-state index in [1.165, 1.54) is 0 Å². The molecule has 8 nitrogen and oxygen atoms in total. The third-order valence-electron chi connectivity index (χ3n) is 2.88. The molecule has 6 N–H and O–H groups in total. The molecule has 0 aromatic heterocycles. The molecule has 0 heterocycles. The highest BCUT2D eigenvalue weighted by molar-refractivity contribution is 7.83. The average Bonchev–Trinajstić information content (AvgIpc) is 2.52. The smallest absolute Gasteiger partial charge is 0.166 e. The lowest BCUT2D eigenvalue weighted by molar-refractivity contribution is -0.0999. The number of hydrogen-bond donors (Lipinski definition) is 6. The Bertz CT molecular complexity index is 510. The van der Waals surface area contributed by atoms with Crippen LogP contribution in [0.3, 0.4) is 0 Å². The van der Waals surface area contributed by atoms with Gasteiger partial charge in [0.2, 0.25) is 0 Å². The van der Waals surface area contributed by atoms with Crippen molar-refractivity contribution >= 4 is 17.2 Å². The largest absolute Gasteiger partial charge is 0.394 e. The second-order valence-electron chi connectivity index (χ2n) is 4.67. The fourth-order valence-electron chi connectivity index (χ4n) is 1.50. The van der Waals surface area contributed by atoms with Crippen LogP contribution in [0.1, 0.15) is 5.56 Å². The second kappa shape index (κ2) is 8.93. The Morgan fingerprint density at radius 2 is 1.77 bits per heavy atom. The number of aliphatic hydroxyl groups excluding tert-OH is 5. The Morgan fingerprint density at radius 3 is 2.32 bits per heavy atom. The van der Waals surface area contributed by atoms with Gasteiger partial charge in [0.05, 0.1) is 17.7 Å². The van der Waals surface area contributed by atoms with Gasteiger partial charge in [-0.3, -0.25) is 0 Å². The third kappa shape index (κ3) is 5.44. The van der Waals surface area contributed by atoms with Crippen molar-refractivity contribution < 1.29 is 29.7 Å². The summed E-state index contributed by atoms with van der Waals surface area (Å²) < 4.78 is 11.8. The van der Waals surface area contributed by atoms with Crippen LogP contribution in [-0.2, 0) is 11.0 Å². The van der Waals surface area contributed by atoms with Gasteiger partial charge in [-0.2, -0.15) is 5.10 Å². The lowest BCUT2D eigenvalue weighted by Gasteiger charge is -2.23.